The van der Waals surface area contributed by atoms with E-state index >= 15 is 0 Å². The van der Waals surface area contributed by atoms with E-state index in [1.165, 1.54) is 6.42 Å². The quantitative estimate of drug-likeness (QED) is 0.641. The highest BCUT2D eigenvalue weighted by Crippen LogP contribution is 2.38. The molecule has 17 heavy (non-hydrogen) atoms. The molecule has 0 spiro atoms. The van der Waals surface area contributed by atoms with E-state index in [-0.39, 0.29) is 5.78 Å². The van der Waals surface area contributed by atoms with Gasteiger partial charge in [0.25, 0.3) is 0 Å². The van der Waals surface area contributed by atoms with Crippen LogP contribution in [0.25, 0.3) is 0 Å². The zero-order valence-electron chi connectivity index (χ0n) is 10.7. The third-order valence-electron chi connectivity index (χ3n) is 3.64. The van der Waals surface area contributed by atoms with E-state index in [0.717, 1.165) is 24.1 Å². The van der Waals surface area contributed by atoms with Crippen LogP contribution in [0.3, 0.4) is 0 Å². The Morgan fingerprint density at radius 3 is 2.71 bits per heavy atom. The Hall–Kier alpha value is -1.51. The zero-order valence-corrected chi connectivity index (χ0v) is 10.7. The highest BCUT2D eigenvalue weighted by Gasteiger charge is 2.33. The predicted molar refractivity (Wildman–Crippen MR) is 71.4 cm³/mol. The number of anilines is 2. The molecule has 3 heteroatoms. The Kier molecular flexibility index (Phi) is 3.09. The van der Waals surface area contributed by atoms with Gasteiger partial charge in [0.1, 0.15) is 0 Å². The maximum Gasteiger partial charge on any atom is 0.161 e. The smallest absolute Gasteiger partial charge is 0.161 e. The van der Waals surface area contributed by atoms with E-state index in [9.17, 15) is 4.79 Å². The standard InChI is InChI=1S/C14H20N2O/c1-9-6-11(9)8-16(3)12-4-5-14(15)13(7-12)10(2)17/h4-5,7,9,11H,6,8,15H2,1-3H3. The third-order valence-corrected chi connectivity index (χ3v) is 3.64. The fraction of sp³-hybridized carbons (Fsp3) is 0.500. The molecule has 0 radical (unpaired) electrons. The number of ketones is 1. The highest BCUT2D eigenvalue weighted by molar-refractivity contribution is 6.00. The first-order valence-electron chi connectivity index (χ1n) is 6.10. The van der Waals surface area contributed by atoms with Crippen LogP contribution in [0.2, 0.25) is 0 Å². The molecule has 2 N–H and O–H groups in total. The number of carbonyl (C=O) groups excluding carboxylic acids is 1. The number of nitrogen functional groups attached to an aromatic ring is 1. The fourth-order valence-corrected chi connectivity index (χ4v) is 2.20. The van der Waals surface area contributed by atoms with E-state index in [2.05, 4.69) is 18.9 Å². The summed E-state index contributed by atoms with van der Waals surface area (Å²) in [5.41, 5.74) is 8.05. The first kappa shape index (κ1) is 12.0. The first-order chi connectivity index (χ1) is 7.99. The van der Waals surface area contributed by atoms with Crippen LogP contribution < -0.4 is 10.6 Å². The Morgan fingerprint density at radius 2 is 2.18 bits per heavy atom. The molecule has 2 unspecified atom stereocenters. The van der Waals surface area contributed by atoms with Gasteiger partial charge in [0, 0.05) is 30.5 Å². The van der Waals surface area contributed by atoms with Crippen LogP contribution >= 0.6 is 0 Å². The van der Waals surface area contributed by atoms with E-state index in [1.807, 2.05) is 18.2 Å². The van der Waals surface area contributed by atoms with Crippen molar-refractivity contribution in [2.75, 3.05) is 24.2 Å². The maximum atomic E-state index is 11.4. The van der Waals surface area contributed by atoms with Gasteiger partial charge in [0.05, 0.1) is 0 Å². The van der Waals surface area contributed by atoms with Gasteiger partial charge < -0.3 is 10.6 Å². The Balaban J connectivity index is 2.14. The molecule has 1 aliphatic carbocycles. The van der Waals surface area contributed by atoms with Crippen LogP contribution in [0.1, 0.15) is 30.6 Å². The minimum absolute atomic E-state index is 0.0255. The molecule has 0 aliphatic heterocycles. The lowest BCUT2D eigenvalue weighted by Gasteiger charge is -2.20. The van der Waals surface area contributed by atoms with Crippen LogP contribution in [0, 0.1) is 11.8 Å². The van der Waals surface area contributed by atoms with Gasteiger partial charge in [0.2, 0.25) is 0 Å². The van der Waals surface area contributed by atoms with Crippen molar-refractivity contribution in [3.05, 3.63) is 23.8 Å². The van der Waals surface area contributed by atoms with Gasteiger partial charge in [-0.1, -0.05) is 6.92 Å². The second kappa shape index (κ2) is 4.40. The lowest BCUT2D eigenvalue weighted by atomic mass is 10.1. The molecule has 0 amide bonds. The van der Waals surface area contributed by atoms with Crippen molar-refractivity contribution in [1.29, 1.82) is 0 Å². The van der Waals surface area contributed by atoms with Crippen LogP contribution in [-0.2, 0) is 0 Å². The summed E-state index contributed by atoms with van der Waals surface area (Å²) in [7, 11) is 2.07. The van der Waals surface area contributed by atoms with E-state index in [4.69, 9.17) is 5.73 Å². The molecular formula is C14H20N2O. The molecule has 1 aromatic rings. The van der Waals surface area contributed by atoms with Crippen LogP contribution in [0.5, 0.6) is 0 Å². The normalized spacial score (nSPS) is 22.3. The molecule has 1 aliphatic rings. The van der Waals surface area contributed by atoms with Crippen molar-refractivity contribution in [2.45, 2.75) is 20.3 Å². The second-order valence-corrected chi connectivity index (χ2v) is 5.18. The number of carbonyl (C=O) groups is 1. The second-order valence-electron chi connectivity index (χ2n) is 5.18. The van der Waals surface area contributed by atoms with Gasteiger partial charge in [-0.15, -0.1) is 0 Å². The summed E-state index contributed by atoms with van der Waals surface area (Å²) in [4.78, 5) is 13.6. The molecule has 0 saturated heterocycles. The Bertz CT molecular complexity index is 442. The van der Waals surface area contributed by atoms with Gasteiger partial charge in [-0.2, -0.15) is 0 Å². The van der Waals surface area contributed by atoms with Gasteiger partial charge in [0.15, 0.2) is 5.78 Å². The van der Waals surface area contributed by atoms with Gasteiger partial charge in [-0.05, 0) is 43.4 Å². The molecule has 1 fully saturated rings. The van der Waals surface area contributed by atoms with Crippen LogP contribution in [-0.4, -0.2) is 19.4 Å². The van der Waals surface area contributed by atoms with Gasteiger partial charge >= 0.3 is 0 Å². The van der Waals surface area contributed by atoms with Crippen molar-refractivity contribution in [3.63, 3.8) is 0 Å². The number of nitrogens with two attached hydrogens (primary N) is 1. The zero-order chi connectivity index (χ0) is 12.6. The number of Topliss-reactive ketones (excluding diaryl/α,β-unsaturated/α-hetero) is 1. The van der Waals surface area contributed by atoms with Crippen molar-refractivity contribution < 1.29 is 4.79 Å². The summed E-state index contributed by atoms with van der Waals surface area (Å²) in [5, 5.41) is 0. The average Bonchev–Trinajstić information content (AvgIpc) is 2.94. The fourth-order valence-electron chi connectivity index (χ4n) is 2.20. The van der Waals surface area contributed by atoms with Gasteiger partial charge in [-0.3, -0.25) is 4.79 Å². The lowest BCUT2D eigenvalue weighted by Crippen LogP contribution is -2.21. The van der Waals surface area contributed by atoms with Crippen molar-refractivity contribution in [2.24, 2.45) is 11.8 Å². The lowest BCUT2D eigenvalue weighted by molar-refractivity contribution is 0.101. The SMILES string of the molecule is CC(=O)c1cc(N(C)CC2CC2C)ccc1N. The Morgan fingerprint density at radius 1 is 1.53 bits per heavy atom. The molecule has 92 valence electrons. The summed E-state index contributed by atoms with van der Waals surface area (Å²) in [5.74, 6) is 1.68. The molecule has 2 rings (SSSR count). The Labute approximate surface area is 103 Å². The van der Waals surface area contributed by atoms with Crippen molar-refractivity contribution >= 4 is 17.2 Å². The van der Waals surface area contributed by atoms with E-state index in [0.29, 0.717) is 11.3 Å². The largest absolute Gasteiger partial charge is 0.398 e. The molecule has 0 heterocycles. The monoisotopic (exact) mass is 232 g/mol. The predicted octanol–water partition coefficient (Wildman–Crippen LogP) is 2.56. The summed E-state index contributed by atoms with van der Waals surface area (Å²) in [6, 6.07) is 5.69. The average molecular weight is 232 g/mol. The van der Waals surface area contributed by atoms with Crippen molar-refractivity contribution in [1.82, 2.24) is 0 Å². The number of rotatable bonds is 4. The molecule has 2 atom stereocenters. The number of nitrogens with zero attached hydrogens (tertiary/aromatic N) is 1. The number of benzene rings is 1. The molecule has 3 nitrogen and oxygen atoms in total. The van der Waals surface area contributed by atoms with E-state index < -0.39 is 0 Å². The van der Waals surface area contributed by atoms with Crippen molar-refractivity contribution in [3.8, 4) is 0 Å². The van der Waals surface area contributed by atoms with Crippen LogP contribution in [0.4, 0.5) is 11.4 Å². The number of hydrogen-bond donors (Lipinski definition) is 1. The molecule has 0 aromatic heterocycles. The maximum absolute atomic E-state index is 11.4. The summed E-state index contributed by atoms with van der Waals surface area (Å²) in [6.07, 6.45) is 1.32. The molecule has 1 saturated carbocycles. The minimum Gasteiger partial charge on any atom is -0.398 e. The summed E-state index contributed by atoms with van der Waals surface area (Å²) in [6.45, 7) is 4.89. The van der Waals surface area contributed by atoms with Crippen LogP contribution in [0.15, 0.2) is 18.2 Å². The summed E-state index contributed by atoms with van der Waals surface area (Å²) >= 11 is 0. The third kappa shape index (κ3) is 2.60. The van der Waals surface area contributed by atoms with Gasteiger partial charge in [-0.25, -0.2) is 0 Å². The first-order valence-corrected chi connectivity index (χ1v) is 6.10. The van der Waals surface area contributed by atoms with E-state index in [1.54, 1.807) is 6.92 Å². The highest BCUT2D eigenvalue weighted by atomic mass is 16.1. The molecule has 0 bridgehead atoms. The molecule has 1 aromatic carbocycles. The topological polar surface area (TPSA) is 46.3 Å². The minimum atomic E-state index is 0.0255. The summed E-state index contributed by atoms with van der Waals surface area (Å²) < 4.78 is 0. The molecular weight excluding hydrogens is 212 g/mol. The number of hydrogen-bond acceptors (Lipinski definition) is 3.